The van der Waals surface area contributed by atoms with Crippen molar-refractivity contribution < 1.29 is 13.2 Å². The highest BCUT2D eigenvalue weighted by Gasteiger charge is 2.34. The number of fused-ring (bicyclic) bond motifs is 1. The van der Waals surface area contributed by atoms with E-state index in [0.29, 0.717) is 30.3 Å². The molecule has 0 spiro atoms. The van der Waals surface area contributed by atoms with Gasteiger partial charge in [0.25, 0.3) is 0 Å². The van der Waals surface area contributed by atoms with E-state index in [4.69, 9.17) is 5.73 Å². The highest BCUT2D eigenvalue weighted by atomic mass is 19.4. The highest BCUT2D eigenvalue weighted by Crippen LogP contribution is 2.37. The van der Waals surface area contributed by atoms with Crippen LogP contribution in [-0.2, 0) is 6.18 Å². The molecule has 2 aromatic heterocycles. The van der Waals surface area contributed by atoms with Crippen molar-refractivity contribution in [2.45, 2.75) is 31.9 Å². The summed E-state index contributed by atoms with van der Waals surface area (Å²) in [6, 6.07) is 14.6. The molecular formula is C23H23F3N6. The molecule has 0 fully saturated rings. The normalized spacial score (nSPS) is 12.8. The average molecular weight is 440 g/mol. The Morgan fingerprint density at radius 3 is 2.56 bits per heavy atom. The summed E-state index contributed by atoms with van der Waals surface area (Å²) in [4.78, 5) is 8.95. The van der Waals surface area contributed by atoms with Gasteiger partial charge in [0.15, 0.2) is 11.6 Å². The molecule has 2 aromatic carbocycles. The number of alkyl halides is 3. The summed E-state index contributed by atoms with van der Waals surface area (Å²) in [6.45, 7) is 2.45. The third kappa shape index (κ3) is 4.43. The van der Waals surface area contributed by atoms with E-state index in [2.05, 4.69) is 25.5 Å². The monoisotopic (exact) mass is 440 g/mol. The maximum absolute atomic E-state index is 13.7. The van der Waals surface area contributed by atoms with Crippen LogP contribution in [0.2, 0.25) is 0 Å². The van der Waals surface area contributed by atoms with Crippen LogP contribution in [0.1, 0.15) is 36.9 Å². The number of para-hydroxylation sites is 1. The number of anilines is 2. The van der Waals surface area contributed by atoms with Crippen LogP contribution in [0.5, 0.6) is 0 Å². The predicted molar refractivity (Wildman–Crippen MR) is 119 cm³/mol. The number of nitrogens with two attached hydrogens (primary N) is 1. The van der Waals surface area contributed by atoms with Crippen molar-refractivity contribution in [1.82, 2.24) is 20.2 Å². The number of nitrogens with zero attached hydrogens (tertiary/aromatic N) is 3. The maximum atomic E-state index is 13.7. The lowest BCUT2D eigenvalue weighted by atomic mass is 9.97. The van der Waals surface area contributed by atoms with Gasteiger partial charge in [0.1, 0.15) is 5.82 Å². The van der Waals surface area contributed by atoms with Gasteiger partial charge in [0.05, 0.1) is 11.1 Å². The first kappa shape index (κ1) is 21.8. The molecule has 2 heterocycles. The SMILES string of the molecule is CCC(CCN)c1cc(Nc2n[nH]c3ccccc23)nc(-c2ccccc2C(F)(F)F)n1. The average Bonchev–Trinajstić information content (AvgIpc) is 3.19. The summed E-state index contributed by atoms with van der Waals surface area (Å²) >= 11 is 0. The molecule has 0 saturated heterocycles. The van der Waals surface area contributed by atoms with Crippen molar-refractivity contribution in [3.8, 4) is 11.4 Å². The molecule has 166 valence electrons. The number of benzene rings is 2. The van der Waals surface area contributed by atoms with E-state index < -0.39 is 11.7 Å². The van der Waals surface area contributed by atoms with Gasteiger partial charge in [-0.15, -0.1) is 0 Å². The lowest BCUT2D eigenvalue weighted by Gasteiger charge is -2.17. The number of nitrogens with one attached hydrogen (secondary N) is 2. The van der Waals surface area contributed by atoms with Crippen LogP contribution >= 0.6 is 0 Å². The summed E-state index contributed by atoms with van der Waals surface area (Å²) in [5.41, 5.74) is 6.39. The zero-order valence-electron chi connectivity index (χ0n) is 17.4. The Hall–Kier alpha value is -3.46. The first-order valence-electron chi connectivity index (χ1n) is 10.4. The molecule has 1 atom stereocenters. The molecule has 0 aliphatic heterocycles. The van der Waals surface area contributed by atoms with Gasteiger partial charge >= 0.3 is 6.18 Å². The third-order valence-electron chi connectivity index (χ3n) is 5.36. The Labute approximate surface area is 183 Å². The van der Waals surface area contributed by atoms with Gasteiger partial charge in [-0.25, -0.2) is 9.97 Å². The van der Waals surface area contributed by atoms with Gasteiger partial charge in [-0.1, -0.05) is 37.3 Å². The summed E-state index contributed by atoms with van der Waals surface area (Å²) in [7, 11) is 0. The van der Waals surface area contributed by atoms with Gasteiger partial charge in [-0.2, -0.15) is 18.3 Å². The summed E-state index contributed by atoms with van der Waals surface area (Å²) in [5, 5.41) is 11.2. The van der Waals surface area contributed by atoms with Crippen LogP contribution in [0.25, 0.3) is 22.3 Å². The highest BCUT2D eigenvalue weighted by molar-refractivity contribution is 5.91. The zero-order chi connectivity index (χ0) is 22.7. The van der Waals surface area contributed by atoms with Crippen molar-refractivity contribution in [1.29, 1.82) is 0 Å². The minimum atomic E-state index is -4.52. The van der Waals surface area contributed by atoms with Crippen molar-refractivity contribution in [3.63, 3.8) is 0 Å². The molecule has 0 aliphatic rings. The number of rotatable bonds is 7. The Bertz CT molecular complexity index is 1220. The molecule has 32 heavy (non-hydrogen) atoms. The second-order valence-electron chi connectivity index (χ2n) is 7.47. The second-order valence-corrected chi connectivity index (χ2v) is 7.47. The fourth-order valence-corrected chi connectivity index (χ4v) is 3.73. The topological polar surface area (TPSA) is 92.5 Å². The number of hydrogen-bond donors (Lipinski definition) is 3. The van der Waals surface area contributed by atoms with E-state index in [0.717, 1.165) is 23.4 Å². The molecule has 0 amide bonds. The summed E-state index contributed by atoms with van der Waals surface area (Å²) in [6.07, 6.45) is -3.11. The predicted octanol–water partition coefficient (Wildman–Crippen LogP) is 5.62. The maximum Gasteiger partial charge on any atom is 0.417 e. The fourth-order valence-electron chi connectivity index (χ4n) is 3.73. The molecule has 0 radical (unpaired) electrons. The first-order chi connectivity index (χ1) is 15.4. The molecule has 9 heteroatoms. The number of halogens is 3. The van der Waals surface area contributed by atoms with E-state index >= 15 is 0 Å². The number of H-pyrrole nitrogens is 1. The Morgan fingerprint density at radius 1 is 1.06 bits per heavy atom. The smallest absolute Gasteiger partial charge is 0.330 e. The van der Waals surface area contributed by atoms with Gasteiger partial charge in [0.2, 0.25) is 0 Å². The van der Waals surface area contributed by atoms with E-state index in [1.54, 1.807) is 12.1 Å². The molecule has 0 aliphatic carbocycles. The van der Waals surface area contributed by atoms with Gasteiger partial charge in [-0.3, -0.25) is 5.10 Å². The molecular weight excluding hydrogens is 417 g/mol. The van der Waals surface area contributed by atoms with Crippen LogP contribution in [0.3, 0.4) is 0 Å². The quantitative estimate of drug-likeness (QED) is 0.347. The largest absolute Gasteiger partial charge is 0.417 e. The van der Waals surface area contributed by atoms with Crippen LogP contribution < -0.4 is 11.1 Å². The molecule has 4 rings (SSSR count). The second kappa shape index (κ2) is 8.96. The Morgan fingerprint density at radius 2 is 1.81 bits per heavy atom. The van der Waals surface area contributed by atoms with Crippen LogP contribution in [0.15, 0.2) is 54.6 Å². The van der Waals surface area contributed by atoms with Crippen molar-refractivity contribution >= 4 is 22.5 Å². The minimum absolute atomic E-state index is 0.00345. The van der Waals surface area contributed by atoms with E-state index in [9.17, 15) is 13.2 Å². The van der Waals surface area contributed by atoms with Gasteiger partial charge in [0, 0.05) is 28.6 Å². The number of aromatic nitrogens is 4. The first-order valence-corrected chi connectivity index (χ1v) is 10.4. The molecule has 6 nitrogen and oxygen atoms in total. The van der Waals surface area contributed by atoms with Crippen molar-refractivity contribution in [3.05, 3.63) is 65.9 Å². The summed E-state index contributed by atoms with van der Waals surface area (Å²) < 4.78 is 41.0. The zero-order valence-corrected chi connectivity index (χ0v) is 17.4. The van der Waals surface area contributed by atoms with E-state index in [-0.39, 0.29) is 17.3 Å². The number of aromatic amines is 1. The minimum Gasteiger partial charge on any atom is -0.330 e. The third-order valence-corrected chi connectivity index (χ3v) is 5.36. The van der Waals surface area contributed by atoms with Crippen LogP contribution in [-0.4, -0.2) is 26.7 Å². The molecule has 4 N–H and O–H groups in total. The molecule has 0 bridgehead atoms. The lowest BCUT2D eigenvalue weighted by molar-refractivity contribution is -0.137. The Kier molecular flexibility index (Phi) is 6.09. The lowest BCUT2D eigenvalue weighted by Crippen LogP contribution is -2.12. The van der Waals surface area contributed by atoms with Gasteiger partial charge < -0.3 is 11.1 Å². The summed E-state index contributed by atoms with van der Waals surface area (Å²) in [5.74, 6) is 0.909. The van der Waals surface area contributed by atoms with Crippen LogP contribution in [0.4, 0.5) is 24.8 Å². The van der Waals surface area contributed by atoms with E-state index in [1.165, 1.54) is 12.1 Å². The van der Waals surface area contributed by atoms with E-state index in [1.807, 2.05) is 31.2 Å². The number of hydrogen-bond acceptors (Lipinski definition) is 5. The van der Waals surface area contributed by atoms with Gasteiger partial charge in [-0.05, 0) is 37.6 Å². The molecule has 4 aromatic rings. The molecule has 1 unspecified atom stereocenters. The molecule has 0 saturated carbocycles. The van der Waals surface area contributed by atoms with Crippen LogP contribution in [0, 0.1) is 0 Å². The fraction of sp³-hybridized carbons (Fsp3) is 0.261. The van der Waals surface area contributed by atoms with Crippen molar-refractivity contribution in [2.75, 3.05) is 11.9 Å². The van der Waals surface area contributed by atoms with Crippen molar-refractivity contribution in [2.24, 2.45) is 5.73 Å². The Balaban J connectivity index is 1.84. The standard InChI is InChI=1S/C23H23F3N6/c1-2-14(11-12-27)19-13-20(30-22-16-8-4-6-10-18(16)31-32-22)29-21(28-19)15-7-3-5-9-17(15)23(24,25)26/h3-10,13-14H,2,11-12,27H2,1H3,(H2,28,29,30,31,32).